The van der Waals surface area contributed by atoms with Crippen molar-refractivity contribution in [1.29, 1.82) is 0 Å². The highest BCUT2D eigenvalue weighted by molar-refractivity contribution is 6.33. The van der Waals surface area contributed by atoms with Crippen molar-refractivity contribution in [3.63, 3.8) is 0 Å². The van der Waals surface area contributed by atoms with Gasteiger partial charge in [0.25, 0.3) is 0 Å². The van der Waals surface area contributed by atoms with Crippen LogP contribution in [0.15, 0.2) is 10.6 Å². The van der Waals surface area contributed by atoms with E-state index in [0.29, 0.717) is 21.9 Å². The van der Waals surface area contributed by atoms with E-state index in [4.69, 9.17) is 26.0 Å². The van der Waals surface area contributed by atoms with Gasteiger partial charge in [-0.3, -0.25) is 0 Å². The fraction of sp³-hybridized carbons (Fsp3) is 0.273. The number of halogens is 1. The van der Waals surface area contributed by atoms with Gasteiger partial charge in [-0.25, -0.2) is 4.79 Å². The number of hydrogen-bond acceptors (Lipinski definition) is 4. The fourth-order valence-electron chi connectivity index (χ4n) is 2.02. The zero-order valence-corrected chi connectivity index (χ0v) is 9.61. The van der Waals surface area contributed by atoms with Gasteiger partial charge in [-0.05, 0) is 13.0 Å². The van der Waals surface area contributed by atoms with Gasteiger partial charge in [0.05, 0.1) is 10.7 Å². The predicted molar refractivity (Wildman–Crippen MR) is 59.5 cm³/mol. The first-order valence-electron chi connectivity index (χ1n) is 5.04. The van der Waals surface area contributed by atoms with Gasteiger partial charge in [0.15, 0.2) is 11.7 Å². The number of aromatic nitrogens is 1. The highest BCUT2D eigenvalue weighted by Gasteiger charge is 2.34. The second-order valence-electron chi connectivity index (χ2n) is 3.96. The third-order valence-electron chi connectivity index (χ3n) is 2.87. The summed E-state index contributed by atoms with van der Waals surface area (Å²) in [4.78, 5) is 10.9. The molecule has 6 heteroatoms. The summed E-state index contributed by atoms with van der Waals surface area (Å²) in [6.07, 6.45) is -0.658. The number of aliphatic carboxylic acids is 1. The van der Waals surface area contributed by atoms with Crippen molar-refractivity contribution in [3.8, 4) is 5.75 Å². The minimum Gasteiger partial charge on any atom is -0.478 e. The number of carbonyl (C=O) groups is 1. The molecule has 0 radical (unpaired) electrons. The van der Waals surface area contributed by atoms with Crippen molar-refractivity contribution in [3.05, 3.63) is 22.3 Å². The molecule has 0 fully saturated rings. The number of ether oxygens (including phenoxy) is 1. The van der Waals surface area contributed by atoms with Crippen molar-refractivity contribution < 1.29 is 19.2 Å². The van der Waals surface area contributed by atoms with Crippen molar-refractivity contribution >= 4 is 28.5 Å². The van der Waals surface area contributed by atoms with Gasteiger partial charge in [-0.15, -0.1) is 0 Å². The fourth-order valence-corrected chi connectivity index (χ4v) is 2.29. The van der Waals surface area contributed by atoms with Crippen LogP contribution in [-0.2, 0) is 11.2 Å². The summed E-state index contributed by atoms with van der Waals surface area (Å²) < 4.78 is 10.5. The molecule has 0 bridgehead atoms. The normalized spacial score (nSPS) is 18.1. The first-order chi connectivity index (χ1) is 8.08. The van der Waals surface area contributed by atoms with Crippen molar-refractivity contribution in [2.45, 2.75) is 19.4 Å². The van der Waals surface area contributed by atoms with Crippen LogP contribution in [0, 0.1) is 6.92 Å². The lowest BCUT2D eigenvalue weighted by Crippen LogP contribution is -2.24. The number of carboxylic acid groups (broad SMARTS) is 1. The van der Waals surface area contributed by atoms with E-state index in [0.717, 1.165) is 11.1 Å². The molecule has 1 atom stereocenters. The van der Waals surface area contributed by atoms with Gasteiger partial charge in [-0.2, -0.15) is 0 Å². The van der Waals surface area contributed by atoms with Crippen LogP contribution in [-0.4, -0.2) is 22.3 Å². The molecular weight excluding hydrogens is 246 g/mol. The molecule has 1 aliphatic heterocycles. The van der Waals surface area contributed by atoms with Crippen LogP contribution in [0.4, 0.5) is 0 Å². The van der Waals surface area contributed by atoms with E-state index in [2.05, 4.69) is 5.16 Å². The molecule has 2 heterocycles. The van der Waals surface area contributed by atoms with E-state index in [1.807, 2.05) is 0 Å². The van der Waals surface area contributed by atoms with Crippen LogP contribution in [0.3, 0.4) is 0 Å². The number of carboxylic acids is 1. The standard InChI is InChI=1S/C11H8ClNO4/c1-4-5-2-7(12)10-6(9(5)17-13-4)3-8(16-10)11(14)15/h2,8H,3H2,1H3,(H,14,15). The van der Waals surface area contributed by atoms with Crippen LogP contribution in [0.25, 0.3) is 11.0 Å². The Kier molecular flexibility index (Phi) is 2.06. The van der Waals surface area contributed by atoms with E-state index in [9.17, 15) is 4.79 Å². The highest BCUT2D eigenvalue weighted by Crippen LogP contribution is 2.41. The maximum atomic E-state index is 10.9. The Morgan fingerprint density at radius 3 is 3.12 bits per heavy atom. The average Bonchev–Trinajstić information content (AvgIpc) is 2.84. The molecule has 0 amide bonds. The molecule has 17 heavy (non-hydrogen) atoms. The van der Waals surface area contributed by atoms with E-state index in [1.165, 1.54) is 0 Å². The minimum absolute atomic E-state index is 0.246. The van der Waals surface area contributed by atoms with E-state index in [1.54, 1.807) is 13.0 Å². The largest absolute Gasteiger partial charge is 0.478 e. The quantitative estimate of drug-likeness (QED) is 0.843. The SMILES string of the molecule is Cc1noc2c3c(c(Cl)cc12)OC(C(=O)O)C3. The second-order valence-corrected chi connectivity index (χ2v) is 4.37. The molecule has 0 saturated heterocycles. The van der Waals surface area contributed by atoms with Gasteiger partial charge in [0.2, 0.25) is 0 Å². The summed E-state index contributed by atoms with van der Waals surface area (Å²) in [5.74, 6) is -0.621. The maximum Gasteiger partial charge on any atom is 0.345 e. The molecule has 88 valence electrons. The number of aryl methyl sites for hydroxylation is 1. The Morgan fingerprint density at radius 2 is 2.41 bits per heavy atom. The molecule has 1 N–H and O–H groups in total. The summed E-state index contributed by atoms with van der Waals surface area (Å²) in [7, 11) is 0. The van der Waals surface area contributed by atoms with Crippen molar-refractivity contribution in [1.82, 2.24) is 5.16 Å². The maximum absolute atomic E-state index is 10.9. The lowest BCUT2D eigenvalue weighted by molar-refractivity contribution is -0.144. The lowest BCUT2D eigenvalue weighted by Gasteiger charge is -2.04. The zero-order valence-electron chi connectivity index (χ0n) is 8.86. The first-order valence-corrected chi connectivity index (χ1v) is 5.42. The monoisotopic (exact) mass is 253 g/mol. The summed E-state index contributed by atoms with van der Waals surface area (Å²) in [6.45, 7) is 1.80. The highest BCUT2D eigenvalue weighted by atomic mass is 35.5. The third-order valence-corrected chi connectivity index (χ3v) is 3.15. The van der Waals surface area contributed by atoms with Crippen LogP contribution in [0.2, 0.25) is 5.02 Å². The number of nitrogens with zero attached hydrogens (tertiary/aromatic N) is 1. The van der Waals surface area contributed by atoms with E-state index in [-0.39, 0.29) is 6.42 Å². The van der Waals surface area contributed by atoms with Gasteiger partial charge >= 0.3 is 5.97 Å². The van der Waals surface area contributed by atoms with Crippen LogP contribution >= 0.6 is 11.6 Å². The smallest absolute Gasteiger partial charge is 0.345 e. The third kappa shape index (κ3) is 1.39. The molecule has 2 aromatic rings. The Hall–Kier alpha value is -1.75. The Morgan fingerprint density at radius 1 is 1.65 bits per heavy atom. The van der Waals surface area contributed by atoms with Crippen LogP contribution < -0.4 is 4.74 Å². The van der Waals surface area contributed by atoms with Crippen LogP contribution in [0.1, 0.15) is 11.3 Å². The molecule has 0 aliphatic carbocycles. The molecule has 0 spiro atoms. The average molecular weight is 254 g/mol. The van der Waals surface area contributed by atoms with Crippen molar-refractivity contribution in [2.75, 3.05) is 0 Å². The van der Waals surface area contributed by atoms with Gasteiger partial charge in [0.1, 0.15) is 5.75 Å². The first kappa shape index (κ1) is 10.4. The Labute approximate surface area is 101 Å². The predicted octanol–water partition coefficient (Wildman–Crippen LogP) is 2.18. The van der Waals surface area contributed by atoms with Gasteiger partial charge in [-0.1, -0.05) is 16.8 Å². The Bertz CT molecular complexity index is 634. The van der Waals surface area contributed by atoms with Crippen molar-refractivity contribution in [2.24, 2.45) is 0 Å². The molecule has 1 aliphatic rings. The van der Waals surface area contributed by atoms with Gasteiger partial charge < -0.3 is 14.4 Å². The number of hydrogen-bond donors (Lipinski definition) is 1. The molecule has 1 unspecified atom stereocenters. The molecule has 0 saturated carbocycles. The number of rotatable bonds is 1. The lowest BCUT2D eigenvalue weighted by atomic mass is 10.1. The van der Waals surface area contributed by atoms with Gasteiger partial charge in [0, 0.05) is 17.4 Å². The minimum atomic E-state index is -1.01. The summed E-state index contributed by atoms with van der Waals surface area (Å²) in [5, 5.41) is 14.0. The summed E-state index contributed by atoms with van der Waals surface area (Å²) in [6, 6.07) is 1.69. The summed E-state index contributed by atoms with van der Waals surface area (Å²) in [5.41, 5.74) is 1.97. The topological polar surface area (TPSA) is 72.6 Å². The summed E-state index contributed by atoms with van der Waals surface area (Å²) >= 11 is 6.06. The molecule has 3 rings (SSSR count). The van der Waals surface area contributed by atoms with Crippen LogP contribution in [0.5, 0.6) is 5.75 Å². The number of fused-ring (bicyclic) bond motifs is 3. The number of benzene rings is 1. The van der Waals surface area contributed by atoms with E-state index >= 15 is 0 Å². The molecule has 1 aromatic heterocycles. The molecular formula is C11H8ClNO4. The zero-order chi connectivity index (χ0) is 12.2. The Balaban J connectivity index is 2.24. The van der Waals surface area contributed by atoms with E-state index < -0.39 is 12.1 Å². The molecule has 1 aromatic carbocycles. The second kappa shape index (κ2) is 3.37. The molecule has 5 nitrogen and oxygen atoms in total.